The standard InChI is InChI=1S/C13H13ClN2O3S/c1-15(7-9-4-5-11(14)20-9)12(17)8-16-6-2-3-10(16)13(18)19/h2-6H,7-8H2,1H3,(H,18,19). The number of carboxylic acids is 1. The number of amides is 1. The summed E-state index contributed by atoms with van der Waals surface area (Å²) in [7, 11) is 1.68. The molecule has 0 aliphatic heterocycles. The van der Waals surface area contributed by atoms with Crippen LogP contribution in [0, 0.1) is 0 Å². The first-order chi connectivity index (χ1) is 9.47. The molecule has 2 heterocycles. The van der Waals surface area contributed by atoms with Gasteiger partial charge in [-0.1, -0.05) is 11.6 Å². The third kappa shape index (κ3) is 3.40. The number of thiophene rings is 1. The molecule has 0 aromatic carbocycles. The molecule has 0 radical (unpaired) electrons. The van der Waals surface area contributed by atoms with Gasteiger partial charge in [0.15, 0.2) is 0 Å². The maximum absolute atomic E-state index is 12.1. The number of rotatable bonds is 5. The third-order valence-corrected chi connectivity index (χ3v) is 4.02. The largest absolute Gasteiger partial charge is 0.477 e. The van der Waals surface area contributed by atoms with E-state index in [1.165, 1.54) is 22.0 Å². The summed E-state index contributed by atoms with van der Waals surface area (Å²) in [6.45, 7) is 0.462. The van der Waals surface area contributed by atoms with E-state index in [0.717, 1.165) is 4.88 Å². The molecule has 0 unspecified atom stereocenters. The van der Waals surface area contributed by atoms with Crippen molar-refractivity contribution in [3.05, 3.63) is 45.4 Å². The van der Waals surface area contributed by atoms with E-state index in [4.69, 9.17) is 16.7 Å². The molecule has 2 aromatic heterocycles. The molecule has 20 heavy (non-hydrogen) atoms. The van der Waals surface area contributed by atoms with E-state index in [-0.39, 0.29) is 18.1 Å². The molecular weight excluding hydrogens is 300 g/mol. The van der Waals surface area contributed by atoms with E-state index in [2.05, 4.69) is 0 Å². The number of aromatic nitrogens is 1. The van der Waals surface area contributed by atoms with E-state index in [1.807, 2.05) is 6.07 Å². The highest BCUT2D eigenvalue weighted by atomic mass is 35.5. The average Bonchev–Trinajstić information content (AvgIpc) is 2.98. The summed E-state index contributed by atoms with van der Waals surface area (Å²) in [5, 5.41) is 8.99. The van der Waals surface area contributed by atoms with E-state index in [1.54, 1.807) is 30.3 Å². The molecule has 5 nitrogen and oxygen atoms in total. The van der Waals surface area contributed by atoms with Crippen LogP contribution in [0.3, 0.4) is 0 Å². The van der Waals surface area contributed by atoms with Crippen LogP contribution in [0.15, 0.2) is 30.5 Å². The molecule has 1 N–H and O–H groups in total. The van der Waals surface area contributed by atoms with Crippen LogP contribution >= 0.6 is 22.9 Å². The first-order valence-corrected chi connectivity index (χ1v) is 7.03. The van der Waals surface area contributed by atoms with Crippen molar-refractivity contribution in [3.8, 4) is 0 Å². The molecule has 0 saturated heterocycles. The lowest BCUT2D eigenvalue weighted by Crippen LogP contribution is -2.30. The van der Waals surface area contributed by atoms with Gasteiger partial charge in [-0.15, -0.1) is 11.3 Å². The van der Waals surface area contributed by atoms with Crippen molar-refractivity contribution in [3.63, 3.8) is 0 Å². The summed E-state index contributed by atoms with van der Waals surface area (Å²) in [4.78, 5) is 25.6. The molecule has 0 aliphatic carbocycles. The predicted octanol–water partition coefficient (Wildman–Crippen LogP) is 2.56. The Morgan fingerprint density at radius 2 is 2.15 bits per heavy atom. The topological polar surface area (TPSA) is 62.5 Å². The zero-order valence-electron chi connectivity index (χ0n) is 10.7. The van der Waals surface area contributed by atoms with Gasteiger partial charge in [0.1, 0.15) is 12.2 Å². The zero-order chi connectivity index (χ0) is 14.7. The van der Waals surface area contributed by atoms with E-state index in [9.17, 15) is 9.59 Å². The first-order valence-electron chi connectivity index (χ1n) is 5.84. The van der Waals surface area contributed by atoms with Crippen LogP contribution in [0.4, 0.5) is 0 Å². The molecule has 2 rings (SSSR count). The van der Waals surface area contributed by atoms with Crippen LogP contribution in [0.2, 0.25) is 4.34 Å². The molecule has 7 heteroatoms. The lowest BCUT2D eigenvalue weighted by atomic mass is 10.4. The number of hydrogen-bond acceptors (Lipinski definition) is 3. The summed E-state index contributed by atoms with van der Waals surface area (Å²) >= 11 is 7.26. The van der Waals surface area contributed by atoms with Gasteiger partial charge in [-0.3, -0.25) is 4.79 Å². The molecule has 0 saturated carbocycles. The molecule has 0 aliphatic rings. The Balaban J connectivity index is 2.00. The van der Waals surface area contributed by atoms with Gasteiger partial charge in [0.2, 0.25) is 5.91 Å². The quantitative estimate of drug-likeness (QED) is 0.923. The van der Waals surface area contributed by atoms with Crippen LogP contribution in [0.1, 0.15) is 15.4 Å². The minimum Gasteiger partial charge on any atom is -0.477 e. The fourth-order valence-electron chi connectivity index (χ4n) is 1.77. The summed E-state index contributed by atoms with van der Waals surface area (Å²) in [6.07, 6.45) is 1.58. The van der Waals surface area contributed by atoms with Crippen molar-refractivity contribution in [2.75, 3.05) is 7.05 Å². The van der Waals surface area contributed by atoms with Crippen molar-refractivity contribution in [1.82, 2.24) is 9.47 Å². The second kappa shape index (κ2) is 6.11. The lowest BCUT2D eigenvalue weighted by Gasteiger charge is -2.17. The highest BCUT2D eigenvalue weighted by molar-refractivity contribution is 7.16. The number of likely N-dealkylation sites (N-methyl/N-ethyl adjacent to an activating group) is 1. The van der Waals surface area contributed by atoms with Crippen molar-refractivity contribution >= 4 is 34.8 Å². The van der Waals surface area contributed by atoms with E-state index < -0.39 is 5.97 Å². The van der Waals surface area contributed by atoms with Gasteiger partial charge >= 0.3 is 5.97 Å². The number of halogens is 1. The smallest absolute Gasteiger partial charge is 0.352 e. The second-order valence-electron chi connectivity index (χ2n) is 4.28. The second-order valence-corrected chi connectivity index (χ2v) is 6.08. The van der Waals surface area contributed by atoms with Gasteiger partial charge in [-0.2, -0.15) is 0 Å². The van der Waals surface area contributed by atoms with Gasteiger partial charge in [-0.05, 0) is 24.3 Å². The lowest BCUT2D eigenvalue weighted by molar-refractivity contribution is -0.131. The summed E-state index contributed by atoms with van der Waals surface area (Å²) in [5.74, 6) is -1.20. The van der Waals surface area contributed by atoms with Crippen molar-refractivity contribution < 1.29 is 14.7 Å². The number of carbonyl (C=O) groups excluding carboxylic acids is 1. The number of hydrogen-bond donors (Lipinski definition) is 1. The first kappa shape index (κ1) is 14.6. The fraction of sp³-hybridized carbons (Fsp3) is 0.231. The minimum atomic E-state index is -1.05. The Morgan fingerprint density at radius 1 is 1.40 bits per heavy atom. The molecule has 0 fully saturated rings. The Labute approximate surface area is 125 Å². The molecule has 106 valence electrons. The van der Waals surface area contributed by atoms with E-state index in [0.29, 0.717) is 10.9 Å². The molecule has 0 spiro atoms. The van der Waals surface area contributed by atoms with Gasteiger partial charge in [0.25, 0.3) is 0 Å². The number of carboxylic acid groups (broad SMARTS) is 1. The highest BCUT2D eigenvalue weighted by Crippen LogP contribution is 2.22. The zero-order valence-corrected chi connectivity index (χ0v) is 12.3. The number of nitrogens with zero attached hydrogens (tertiary/aromatic N) is 2. The van der Waals surface area contributed by atoms with Crippen LogP contribution in [-0.4, -0.2) is 33.5 Å². The third-order valence-electron chi connectivity index (χ3n) is 2.80. The van der Waals surface area contributed by atoms with Gasteiger partial charge in [0.05, 0.1) is 10.9 Å². The van der Waals surface area contributed by atoms with Gasteiger partial charge < -0.3 is 14.6 Å². The van der Waals surface area contributed by atoms with Crippen LogP contribution in [0.5, 0.6) is 0 Å². The number of carbonyl (C=O) groups is 2. The van der Waals surface area contributed by atoms with Crippen LogP contribution < -0.4 is 0 Å². The van der Waals surface area contributed by atoms with Crippen molar-refractivity contribution in [2.45, 2.75) is 13.1 Å². The molecule has 0 atom stereocenters. The fourth-order valence-corrected chi connectivity index (χ4v) is 2.91. The highest BCUT2D eigenvalue weighted by Gasteiger charge is 2.15. The maximum Gasteiger partial charge on any atom is 0.352 e. The van der Waals surface area contributed by atoms with E-state index >= 15 is 0 Å². The van der Waals surface area contributed by atoms with Crippen LogP contribution in [0.25, 0.3) is 0 Å². The monoisotopic (exact) mass is 312 g/mol. The van der Waals surface area contributed by atoms with Gasteiger partial charge in [-0.25, -0.2) is 4.79 Å². The van der Waals surface area contributed by atoms with Crippen LogP contribution in [-0.2, 0) is 17.9 Å². The average molecular weight is 313 g/mol. The SMILES string of the molecule is CN(Cc1ccc(Cl)s1)C(=O)Cn1cccc1C(=O)O. The predicted molar refractivity (Wildman–Crippen MR) is 77.2 cm³/mol. The minimum absolute atomic E-state index is 0.00421. The Kier molecular flexibility index (Phi) is 4.46. The van der Waals surface area contributed by atoms with Crippen molar-refractivity contribution in [2.24, 2.45) is 0 Å². The van der Waals surface area contributed by atoms with Crippen molar-refractivity contribution in [1.29, 1.82) is 0 Å². The van der Waals surface area contributed by atoms with Gasteiger partial charge in [0, 0.05) is 18.1 Å². The Hall–Kier alpha value is -1.79. The molecule has 2 aromatic rings. The Morgan fingerprint density at radius 3 is 2.75 bits per heavy atom. The summed E-state index contributed by atoms with van der Waals surface area (Å²) < 4.78 is 2.10. The Bertz CT molecular complexity index is 635. The normalized spacial score (nSPS) is 10.5. The molecular formula is C13H13ClN2O3S. The molecule has 1 amide bonds. The summed E-state index contributed by atoms with van der Waals surface area (Å²) in [5.41, 5.74) is 0.103. The maximum atomic E-state index is 12.1. The summed E-state index contributed by atoms with van der Waals surface area (Å²) in [6, 6.07) is 6.73. The molecule has 0 bridgehead atoms. The number of aromatic carboxylic acids is 1.